The van der Waals surface area contributed by atoms with Crippen LogP contribution < -0.4 is 0 Å². The van der Waals surface area contributed by atoms with Crippen LogP contribution in [0.25, 0.3) is 11.1 Å². The number of hydrogen-bond donors (Lipinski definition) is 0. The number of benzene rings is 2. The van der Waals surface area contributed by atoms with Gasteiger partial charge in [-0.3, -0.25) is 14.5 Å². The zero-order valence-corrected chi connectivity index (χ0v) is 41.6. The van der Waals surface area contributed by atoms with Gasteiger partial charge in [0.05, 0.1) is 19.8 Å². The van der Waals surface area contributed by atoms with E-state index in [0.717, 1.165) is 96.9 Å². The van der Waals surface area contributed by atoms with Crippen LogP contribution in [0.15, 0.2) is 42.5 Å². The topological polar surface area (TPSA) is 37.4 Å². The molecule has 340 valence electrons. The van der Waals surface area contributed by atoms with Crippen molar-refractivity contribution in [1.29, 1.82) is 0 Å². The van der Waals surface area contributed by atoms with Crippen LogP contribution >= 0.6 is 0 Å². The van der Waals surface area contributed by atoms with E-state index in [1.807, 2.05) is 0 Å². The van der Waals surface area contributed by atoms with E-state index in [0.29, 0.717) is 17.8 Å². The van der Waals surface area contributed by atoms with E-state index >= 15 is 0 Å². The van der Waals surface area contributed by atoms with Crippen molar-refractivity contribution in [3.63, 3.8) is 0 Å². The fraction of sp³-hybridized carbons (Fsp3) is 0.778. The summed E-state index contributed by atoms with van der Waals surface area (Å²) < 4.78 is 0. The van der Waals surface area contributed by atoms with Crippen LogP contribution in [0.1, 0.15) is 198 Å². The average molecular weight is 830 g/mol. The lowest BCUT2D eigenvalue weighted by atomic mass is 9.80. The largest absolute Gasteiger partial charge is 0.298 e. The first-order valence-corrected chi connectivity index (χ1v) is 24.5. The van der Waals surface area contributed by atoms with Crippen LogP contribution in [-0.2, 0) is 33.8 Å². The molecule has 0 N–H and O–H groups in total. The molecule has 2 aromatic carbocycles. The fourth-order valence-corrected chi connectivity index (χ4v) is 12.2. The Morgan fingerprint density at radius 2 is 0.783 bits per heavy atom. The maximum absolute atomic E-state index is 6.54. The summed E-state index contributed by atoms with van der Waals surface area (Å²) in [5, 5.41) is 7.08. The Morgan fingerprint density at radius 1 is 0.433 bits per heavy atom. The second-order valence-electron chi connectivity index (χ2n) is 23.4. The maximum atomic E-state index is 6.54. The van der Waals surface area contributed by atoms with E-state index in [2.05, 4.69) is 162 Å². The fourth-order valence-electron chi connectivity index (χ4n) is 12.2. The van der Waals surface area contributed by atoms with Gasteiger partial charge in [-0.05, 0) is 225 Å². The van der Waals surface area contributed by atoms with Crippen molar-refractivity contribution in [2.24, 2.45) is 17.8 Å². The highest BCUT2D eigenvalue weighted by atomic mass is 16.7. The lowest BCUT2D eigenvalue weighted by Crippen LogP contribution is -2.54. The van der Waals surface area contributed by atoms with E-state index < -0.39 is 0 Å². The molecule has 60 heavy (non-hydrogen) atoms. The third-order valence-electron chi connectivity index (χ3n) is 14.5. The van der Waals surface area contributed by atoms with Crippen molar-refractivity contribution in [3.05, 3.63) is 59.2 Å². The van der Waals surface area contributed by atoms with Gasteiger partial charge in [0.15, 0.2) is 0 Å². The first kappa shape index (κ1) is 49.2. The summed E-state index contributed by atoms with van der Waals surface area (Å²) >= 11 is 0. The Morgan fingerprint density at radius 3 is 1.17 bits per heavy atom. The minimum Gasteiger partial charge on any atom is -0.298 e. The predicted octanol–water partition coefficient (Wildman–Crippen LogP) is 14.0. The van der Waals surface area contributed by atoms with Gasteiger partial charge in [-0.15, -0.1) is 0 Å². The molecular weight excluding hydrogens is 739 g/mol. The van der Waals surface area contributed by atoms with Crippen LogP contribution in [0.4, 0.5) is 0 Å². The van der Waals surface area contributed by atoms with Gasteiger partial charge in [0.1, 0.15) is 0 Å². The highest BCUT2D eigenvalue weighted by Gasteiger charge is 2.46. The minimum atomic E-state index is -0.0462. The number of nitrogens with zero attached hydrogens (tertiary/aromatic N) is 3. The Balaban J connectivity index is 1.41. The standard InChI is InChI=1S/C54H91N3O3/c1-16-31-58-55-49(4,5)28-25-42(38-52(55,10)11)34-41-19-21-45(22-20-41)47-24-23-46(35-43-26-29-50(6,7)56(59-32-17-2)53(12,13)39-43)48(37-47)36-44-27-30-51(8,9)57(60-33-18-3)54(14,15)40-44/h19-24,37,42-44H,16-18,25-36,38-40H2,1-15H3. The summed E-state index contributed by atoms with van der Waals surface area (Å²) in [5.74, 6) is 1.82. The molecule has 0 bridgehead atoms. The summed E-state index contributed by atoms with van der Waals surface area (Å²) in [6.45, 7) is 37.7. The monoisotopic (exact) mass is 830 g/mol. The average Bonchev–Trinajstić information content (AvgIpc) is 3.35. The molecule has 0 saturated carbocycles. The molecule has 3 unspecified atom stereocenters. The van der Waals surface area contributed by atoms with Crippen molar-refractivity contribution < 1.29 is 14.5 Å². The molecule has 3 aliphatic rings. The van der Waals surface area contributed by atoms with Gasteiger partial charge in [-0.25, -0.2) is 0 Å². The summed E-state index contributed by atoms with van der Waals surface area (Å²) in [7, 11) is 0. The molecule has 6 heteroatoms. The summed E-state index contributed by atoms with van der Waals surface area (Å²) in [5.41, 5.74) is 7.17. The summed E-state index contributed by atoms with van der Waals surface area (Å²) in [6.07, 6.45) is 17.0. The van der Waals surface area contributed by atoms with Crippen LogP contribution in [-0.4, -0.2) is 68.2 Å². The van der Waals surface area contributed by atoms with Gasteiger partial charge >= 0.3 is 0 Å². The Bertz CT molecular complexity index is 1640. The lowest BCUT2D eigenvalue weighted by Gasteiger charge is -2.46. The van der Waals surface area contributed by atoms with E-state index in [9.17, 15) is 0 Å². The molecule has 0 aliphatic carbocycles. The lowest BCUT2D eigenvalue weighted by molar-refractivity contribution is -0.264. The van der Waals surface area contributed by atoms with Crippen molar-refractivity contribution in [2.45, 2.75) is 233 Å². The van der Waals surface area contributed by atoms with Crippen LogP contribution in [0.5, 0.6) is 0 Å². The van der Waals surface area contributed by atoms with E-state index in [-0.39, 0.29) is 33.2 Å². The summed E-state index contributed by atoms with van der Waals surface area (Å²) in [6, 6.07) is 17.2. The van der Waals surface area contributed by atoms with Crippen molar-refractivity contribution in [3.8, 4) is 11.1 Å². The highest BCUT2D eigenvalue weighted by molar-refractivity contribution is 5.65. The molecule has 2 aromatic rings. The first-order chi connectivity index (χ1) is 28.0. The Kier molecular flexibility index (Phi) is 16.4. The number of hydrogen-bond acceptors (Lipinski definition) is 6. The van der Waals surface area contributed by atoms with Gasteiger partial charge in [-0.2, -0.15) is 15.2 Å². The molecular formula is C54H91N3O3. The molecule has 6 nitrogen and oxygen atoms in total. The van der Waals surface area contributed by atoms with Crippen LogP contribution in [0.2, 0.25) is 0 Å². The van der Waals surface area contributed by atoms with Gasteiger partial charge < -0.3 is 0 Å². The summed E-state index contributed by atoms with van der Waals surface area (Å²) in [4.78, 5) is 19.5. The second-order valence-corrected chi connectivity index (χ2v) is 23.4. The maximum Gasteiger partial charge on any atom is 0.0683 e. The van der Waals surface area contributed by atoms with Gasteiger partial charge in [0.25, 0.3) is 0 Å². The molecule has 3 aliphatic heterocycles. The highest BCUT2D eigenvalue weighted by Crippen LogP contribution is 2.45. The predicted molar refractivity (Wildman–Crippen MR) is 254 cm³/mol. The third-order valence-corrected chi connectivity index (χ3v) is 14.5. The zero-order valence-electron chi connectivity index (χ0n) is 41.6. The molecule has 0 amide bonds. The zero-order chi connectivity index (χ0) is 44.1. The van der Waals surface area contributed by atoms with Crippen LogP contribution in [0.3, 0.4) is 0 Å². The first-order valence-electron chi connectivity index (χ1n) is 24.5. The molecule has 0 aromatic heterocycles. The number of rotatable bonds is 16. The van der Waals surface area contributed by atoms with Crippen molar-refractivity contribution >= 4 is 0 Å². The van der Waals surface area contributed by atoms with E-state index in [1.165, 1.54) is 36.0 Å². The van der Waals surface area contributed by atoms with Gasteiger partial charge in [-0.1, -0.05) is 63.2 Å². The van der Waals surface area contributed by atoms with Crippen molar-refractivity contribution in [2.75, 3.05) is 19.8 Å². The normalized spacial score (nSPS) is 26.9. The molecule has 0 spiro atoms. The molecule has 0 radical (unpaired) electrons. The smallest absolute Gasteiger partial charge is 0.0683 e. The van der Waals surface area contributed by atoms with Gasteiger partial charge in [0, 0.05) is 33.2 Å². The Hall–Kier alpha value is -1.80. The molecule has 3 atom stereocenters. The van der Waals surface area contributed by atoms with E-state index in [4.69, 9.17) is 14.5 Å². The molecule has 3 heterocycles. The minimum absolute atomic E-state index is 0.00310. The van der Waals surface area contributed by atoms with Gasteiger partial charge in [0.2, 0.25) is 0 Å². The third kappa shape index (κ3) is 12.3. The molecule has 3 saturated heterocycles. The van der Waals surface area contributed by atoms with Crippen LogP contribution in [0, 0.1) is 17.8 Å². The van der Waals surface area contributed by atoms with E-state index in [1.54, 1.807) is 11.1 Å². The SMILES string of the molecule is CCCON1C(C)(C)CCC(Cc2ccc(-c3ccc(CC4CCC(C)(C)N(OCCC)C(C)(C)C4)c(CC4CCC(C)(C)N(OCCC)C(C)(C)C4)c3)cc2)CC1(C)C. The van der Waals surface area contributed by atoms with Crippen molar-refractivity contribution in [1.82, 2.24) is 15.2 Å². The molecule has 5 rings (SSSR count). The quantitative estimate of drug-likeness (QED) is 0.168. The second kappa shape index (κ2) is 19.9. The number of hydroxylamine groups is 6. The molecule has 3 fully saturated rings. The Labute approximate surface area is 369 Å².